The molecule has 1 aromatic rings. The van der Waals surface area contributed by atoms with Crippen LogP contribution < -0.4 is 0 Å². The number of hydrogen-bond acceptors (Lipinski definition) is 3. The molecular formula is C10H14N2O2. The summed E-state index contributed by atoms with van der Waals surface area (Å²) in [7, 11) is 0. The highest BCUT2D eigenvalue weighted by molar-refractivity contribution is 5.85. The van der Waals surface area contributed by atoms with Gasteiger partial charge in [0.05, 0.1) is 0 Å². The molecule has 4 nitrogen and oxygen atoms in total. The first kappa shape index (κ1) is 10.6. The molecule has 0 bridgehead atoms. The lowest BCUT2D eigenvalue weighted by atomic mass is 10.2. The van der Waals surface area contributed by atoms with Crippen molar-refractivity contribution in [3.05, 3.63) is 23.8 Å². The molecule has 0 aromatic carbocycles. The van der Waals surface area contributed by atoms with Gasteiger partial charge >= 0.3 is 5.97 Å². The fraction of sp³-hybridized carbons (Fsp3) is 0.500. The maximum absolute atomic E-state index is 10.6. The van der Waals surface area contributed by atoms with E-state index in [1.807, 2.05) is 0 Å². The first-order valence-corrected chi connectivity index (χ1v) is 4.79. The molecule has 0 saturated heterocycles. The van der Waals surface area contributed by atoms with Crippen LogP contribution in [0.4, 0.5) is 0 Å². The summed E-state index contributed by atoms with van der Waals surface area (Å²) < 4.78 is 0. The lowest BCUT2D eigenvalue weighted by molar-refractivity contribution is 0.0690. The number of aromatic carboxylic acids is 1. The number of rotatable bonds is 5. The smallest absolute Gasteiger partial charge is 0.354 e. The molecule has 0 radical (unpaired) electrons. The number of carboxylic acids is 1. The van der Waals surface area contributed by atoms with Crippen molar-refractivity contribution < 1.29 is 9.90 Å². The molecule has 0 aliphatic rings. The summed E-state index contributed by atoms with van der Waals surface area (Å²) in [5.74, 6) is -0.373. The van der Waals surface area contributed by atoms with E-state index in [0.29, 0.717) is 5.82 Å². The van der Waals surface area contributed by atoms with Crippen molar-refractivity contribution in [3.63, 3.8) is 0 Å². The van der Waals surface area contributed by atoms with Crippen molar-refractivity contribution >= 4 is 5.97 Å². The van der Waals surface area contributed by atoms with Crippen LogP contribution in [0.1, 0.15) is 42.5 Å². The van der Waals surface area contributed by atoms with Gasteiger partial charge in [-0.3, -0.25) is 0 Å². The van der Waals surface area contributed by atoms with Gasteiger partial charge in [-0.25, -0.2) is 14.8 Å². The van der Waals surface area contributed by atoms with Crippen molar-refractivity contribution in [2.24, 2.45) is 0 Å². The lowest BCUT2D eigenvalue weighted by Gasteiger charge is -1.99. The first-order chi connectivity index (χ1) is 6.74. The highest BCUT2D eigenvalue weighted by atomic mass is 16.4. The van der Waals surface area contributed by atoms with Gasteiger partial charge in [0, 0.05) is 12.6 Å². The molecule has 0 aliphatic heterocycles. The number of carboxylic acid groups (broad SMARTS) is 1. The molecule has 14 heavy (non-hydrogen) atoms. The normalized spacial score (nSPS) is 10.1. The average Bonchev–Trinajstić information content (AvgIpc) is 2.19. The van der Waals surface area contributed by atoms with E-state index in [2.05, 4.69) is 16.9 Å². The molecule has 0 amide bonds. The minimum Gasteiger partial charge on any atom is -0.477 e. The fourth-order valence-electron chi connectivity index (χ4n) is 1.17. The first-order valence-electron chi connectivity index (χ1n) is 4.79. The van der Waals surface area contributed by atoms with Crippen molar-refractivity contribution in [3.8, 4) is 0 Å². The van der Waals surface area contributed by atoms with Crippen LogP contribution in [0.3, 0.4) is 0 Å². The summed E-state index contributed by atoms with van der Waals surface area (Å²) in [6.45, 7) is 2.12. The van der Waals surface area contributed by atoms with E-state index >= 15 is 0 Å². The molecule has 0 unspecified atom stereocenters. The van der Waals surface area contributed by atoms with E-state index in [4.69, 9.17) is 5.11 Å². The third-order valence-corrected chi connectivity index (χ3v) is 1.93. The molecule has 76 valence electrons. The lowest BCUT2D eigenvalue weighted by Crippen LogP contribution is -2.04. The second-order valence-corrected chi connectivity index (χ2v) is 3.12. The number of nitrogens with zero attached hydrogens (tertiary/aromatic N) is 2. The van der Waals surface area contributed by atoms with Crippen molar-refractivity contribution in [2.45, 2.75) is 32.6 Å². The van der Waals surface area contributed by atoms with Gasteiger partial charge in [0.2, 0.25) is 0 Å². The summed E-state index contributed by atoms with van der Waals surface area (Å²) in [5.41, 5.74) is 0.0755. The Labute approximate surface area is 83.0 Å². The number of aryl methyl sites for hydroxylation is 1. The summed E-state index contributed by atoms with van der Waals surface area (Å²) in [6, 6.07) is 1.41. The van der Waals surface area contributed by atoms with Gasteiger partial charge in [-0.2, -0.15) is 0 Å². The molecule has 1 heterocycles. The van der Waals surface area contributed by atoms with Gasteiger partial charge in [0.1, 0.15) is 5.82 Å². The zero-order chi connectivity index (χ0) is 10.4. The zero-order valence-corrected chi connectivity index (χ0v) is 8.23. The maximum atomic E-state index is 10.6. The Kier molecular flexibility index (Phi) is 4.04. The number of aromatic nitrogens is 2. The third-order valence-electron chi connectivity index (χ3n) is 1.93. The van der Waals surface area contributed by atoms with E-state index in [1.165, 1.54) is 12.3 Å². The SMILES string of the molecule is CCCCCc1nccc(C(=O)O)n1. The quantitative estimate of drug-likeness (QED) is 0.727. The van der Waals surface area contributed by atoms with Crippen LogP contribution in [0.15, 0.2) is 12.3 Å². The Balaban J connectivity index is 2.59. The van der Waals surface area contributed by atoms with E-state index < -0.39 is 5.97 Å². The zero-order valence-electron chi connectivity index (χ0n) is 8.23. The maximum Gasteiger partial charge on any atom is 0.354 e. The van der Waals surface area contributed by atoms with Crippen LogP contribution in [-0.4, -0.2) is 21.0 Å². The van der Waals surface area contributed by atoms with Crippen molar-refractivity contribution in [2.75, 3.05) is 0 Å². The van der Waals surface area contributed by atoms with Crippen molar-refractivity contribution in [1.29, 1.82) is 0 Å². The van der Waals surface area contributed by atoms with Crippen LogP contribution in [0, 0.1) is 0 Å². The van der Waals surface area contributed by atoms with E-state index in [1.54, 1.807) is 0 Å². The third kappa shape index (κ3) is 3.12. The van der Waals surface area contributed by atoms with Gasteiger partial charge in [-0.1, -0.05) is 19.8 Å². The van der Waals surface area contributed by atoms with Gasteiger partial charge in [0.25, 0.3) is 0 Å². The second kappa shape index (κ2) is 5.32. The average molecular weight is 194 g/mol. The largest absolute Gasteiger partial charge is 0.477 e. The van der Waals surface area contributed by atoms with Crippen molar-refractivity contribution in [1.82, 2.24) is 9.97 Å². The second-order valence-electron chi connectivity index (χ2n) is 3.12. The molecule has 0 fully saturated rings. The van der Waals surface area contributed by atoms with Gasteiger partial charge in [-0.05, 0) is 12.5 Å². The van der Waals surface area contributed by atoms with Gasteiger partial charge in [-0.15, -0.1) is 0 Å². The Morgan fingerprint density at radius 3 is 2.93 bits per heavy atom. The van der Waals surface area contributed by atoms with Gasteiger partial charge < -0.3 is 5.11 Å². The topological polar surface area (TPSA) is 63.1 Å². The summed E-state index contributed by atoms with van der Waals surface area (Å²) >= 11 is 0. The van der Waals surface area contributed by atoms with E-state index in [0.717, 1.165) is 25.7 Å². The summed E-state index contributed by atoms with van der Waals surface area (Å²) in [6.07, 6.45) is 5.53. The standard InChI is InChI=1S/C10H14N2O2/c1-2-3-4-5-9-11-7-6-8(12-9)10(13)14/h6-7H,2-5H2,1H3,(H,13,14). The molecule has 0 saturated carbocycles. The molecule has 1 rings (SSSR count). The number of carbonyl (C=O) groups is 1. The van der Waals surface area contributed by atoms with Crippen LogP contribution in [0.5, 0.6) is 0 Å². The minimum absolute atomic E-state index is 0.0755. The Morgan fingerprint density at radius 1 is 1.50 bits per heavy atom. The van der Waals surface area contributed by atoms with E-state index in [-0.39, 0.29) is 5.69 Å². The highest BCUT2D eigenvalue weighted by Crippen LogP contribution is 2.02. The van der Waals surface area contributed by atoms with Crippen LogP contribution >= 0.6 is 0 Å². The molecule has 1 N–H and O–H groups in total. The molecule has 0 atom stereocenters. The highest BCUT2D eigenvalue weighted by Gasteiger charge is 2.05. The molecule has 4 heteroatoms. The van der Waals surface area contributed by atoms with Crippen LogP contribution in [0.2, 0.25) is 0 Å². The number of unbranched alkanes of at least 4 members (excludes halogenated alkanes) is 2. The summed E-state index contributed by atoms with van der Waals surface area (Å²) in [5, 5.41) is 8.69. The molecular weight excluding hydrogens is 180 g/mol. The molecule has 0 spiro atoms. The van der Waals surface area contributed by atoms with E-state index in [9.17, 15) is 4.79 Å². The van der Waals surface area contributed by atoms with Crippen LogP contribution in [-0.2, 0) is 6.42 Å². The Bertz CT molecular complexity index is 313. The fourth-order valence-corrected chi connectivity index (χ4v) is 1.17. The Morgan fingerprint density at radius 2 is 2.29 bits per heavy atom. The predicted octanol–water partition coefficient (Wildman–Crippen LogP) is 1.91. The Hall–Kier alpha value is -1.45. The number of hydrogen-bond donors (Lipinski definition) is 1. The molecule has 1 aromatic heterocycles. The van der Waals surface area contributed by atoms with Crippen LogP contribution in [0.25, 0.3) is 0 Å². The summed E-state index contributed by atoms with van der Waals surface area (Å²) in [4.78, 5) is 18.5. The molecule has 0 aliphatic carbocycles. The van der Waals surface area contributed by atoms with Gasteiger partial charge in [0.15, 0.2) is 5.69 Å². The minimum atomic E-state index is -0.996. The monoisotopic (exact) mass is 194 g/mol. The predicted molar refractivity (Wildman–Crippen MR) is 52.2 cm³/mol.